The Morgan fingerprint density at radius 3 is 2.41 bits per heavy atom. The molecule has 4 aliphatic rings. The van der Waals surface area contributed by atoms with Crippen molar-refractivity contribution in [2.45, 2.75) is 84.5 Å². The minimum absolute atomic E-state index is 0. The third kappa shape index (κ3) is 4.61. The van der Waals surface area contributed by atoms with Crippen LogP contribution in [0.2, 0.25) is 0 Å². The average Bonchev–Trinajstić information content (AvgIpc) is 3.08. The van der Waals surface area contributed by atoms with Gasteiger partial charge in [-0.3, -0.25) is 14.4 Å². The molecule has 7 heteroatoms. The monoisotopic (exact) mass is 454 g/mol. The molecule has 0 radical (unpaired) electrons. The van der Waals surface area contributed by atoms with E-state index in [0.717, 1.165) is 57.8 Å². The molecule has 0 saturated heterocycles. The molecule has 172 valence electrons. The van der Waals surface area contributed by atoms with Crippen molar-refractivity contribution in [2.24, 2.45) is 40.4 Å². The second-order valence-corrected chi connectivity index (χ2v) is 11.1. The maximum Gasteiger partial charge on any atom is 1.00 e. The second-order valence-electron chi connectivity index (χ2n) is 11.1. The summed E-state index contributed by atoms with van der Waals surface area (Å²) in [5, 5.41) is 10.5. The van der Waals surface area contributed by atoms with E-state index in [2.05, 4.69) is 13.8 Å². The van der Waals surface area contributed by atoms with Crippen molar-refractivity contribution in [1.82, 2.24) is 0 Å². The summed E-state index contributed by atoms with van der Waals surface area (Å²) in [6.07, 6.45) is 8.18. The van der Waals surface area contributed by atoms with Crippen LogP contribution in [-0.4, -0.2) is 30.1 Å². The minimum Gasteiger partial charge on any atom is -0.550 e. The van der Waals surface area contributed by atoms with E-state index < -0.39 is 11.9 Å². The number of hydrogen-bond donors (Lipinski definition) is 0. The van der Waals surface area contributed by atoms with E-state index in [4.69, 9.17) is 4.74 Å². The fraction of sp³-hybridized carbons (Fsp3) is 0.840. The largest absolute Gasteiger partial charge is 1.00 e. The van der Waals surface area contributed by atoms with Gasteiger partial charge in [-0.15, -0.1) is 0 Å². The molecular formula is C25H35NaO6. The summed E-state index contributed by atoms with van der Waals surface area (Å²) in [4.78, 5) is 47.3. The Morgan fingerprint density at radius 2 is 1.69 bits per heavy atom. The Hall–Kier alpha value is -0.720. The van der Waals surface area contributed by atoms with Gasteiger partial charge in [0.25, 0.3) is 0 Å². The van der Waals surface area contributed by atoms with Crippen molar-refractivity contribution in [3.63, 3.8) is 0 Å². The Kier molecular flexibility index (Phi) is 7.99. The van der Waals surface area contributed by atoms with Crippen molar-refractivity contribution >= 4 is 23.5 Å². The van der Waals surface area contributed by atoms with Gasteiger partial charge in [-0.1, -0.05) is 13.8 Å². The molecule has 32 heavy (non-hydrogen) atoms. The molecule has 4 fully saturated rings. The Labute approximate surface area is 212 Å². The molecule has 0 amide bonds. The molecule has 4 rings (SSSR count). The number of fused-ring (bicyclic) bond motifs is 5. The summed E-state index contributed by atoms with van der Waals surface area (Å²) in [5.41, 5.74) is 0.206. The molecule has 7 atom stereocenters. The number of hydrogen-bond acceptors (Lipinski definition) is 6. The number of carbonyl (C=O) groups excluding carboxylic acids is 4. The van der Waals surface area contributed by atoms with Crippen molar-refractivity contribution in [2.75, 3.05) is 6.61 Å². The quantitative estimate of drug-likeness (QED) is 0.409. The van der Waals surface area contributed by atoms with Gasteiger partial charge < -0.3 is 14.6 Å². The molecule has 0 bridgehead atoms. The van der Waals surface area contributed by atoms with Crippen LogP contribution in [0, 0.1) is 40.4 Å². The predicted octanol–water partition coefficient (Wildman–Crippen LogP) is -0.139. The zero-order valence-electron chi connectivity index (χ0n) is 19.8. The molecule has 0 aromatic carbocycles. The summed E-state index contributed by atoms with van der Waals surface area (Å²) >= 11 is 0. The summed E-state index contributed by atoms with van der Waals surface area (Å²) in [6.45, 7) is 4.43. The van der Waals surface area contributed by atoms with Gasteiger partial charge in [-0.25, -0.2) is 0 Å². The molecular weight excluding hydrogens is 419 g/mol. The minimum atomic E-state index is -1.29. The van der Waals surface area contributed by atoms with Gasteiger partial charge in [-0.05, 0) is 85.9 Å². The number of carboxylic acid groups (broad SMARTS) is 1. The number of ether oxygens (including phenoxy) is 1. The number of Topliss-reactive ketones (excluding diaryl/α,β-unsaturated/α-hetero) is 2. The van der Waals surface area contributed by atoms with Gasteiger partial charge in [0, 0.05) is 24.7 Å². The molecule has 0 spiro atoms. The van der Waals surface area contributed by atoms with E-state index in [1.165, 1.54) is 0 Å². The maximum absolute atomic E-state index is 13.0. The van der Waals surface area contributed by atoms with Crippen LogP contribution in [0.15, 0.2) is 0 Å². The van der Waals surface area contributed by atoms with E-state index in [9.17, 15) is 24.3 Å². The predicted molar refractivity (Wildman–Crippen MR) is 110 cm³/mol. The summed E-state index contributed by atoms with van der Waals surface area (Å²) < 4.78 is 5.08. The first kappa shape index (κ1) is 25.9. The molecule has 6 nitrogen and oxygen atoms in total. The SMILES string of the molecule is C[C@]12CCC3C(CC[C@@H]4CC(=O)CC[C@]34C)C1CCC2C(=O)COC(=O)CCC(=O)[O-].[Na+]. The smallest absolute Gasteiger partial charge is 0.550 e. The van der Waals surface area contributed by atoms with Gasteiger partial charge in [0.05, 0.1) is 6.42 Å². The number of aliphatic carboxylic acids is 1. The summed E-state index contributed by atoms with van der Waals surface area (Å²) in [6, 6.07) is 0. The van der Waals surface area contributed by atoms with E-state index in [-0.39, 0.29) is 71.5 Å². The molecule has 0 N–H and O–H groups in total. The van der Waals surface area contributed by atoms with Crippen LogP contribution in [0.25, 0.3) is 0 Å². The first-order valence-corrected chi connectivity index (χ1v) is 12.0. The van der Waals surface area contributed by atoms with Crippen LogP contribution >= 0.6 is 0 Å². The Bertz CT molecular complexity index is 780. The fourth-order valence-electron chi connectivity index (χ4n) is 8.10. The summed E-state index contributed by atoms with van der Waals surface area (Å²) in [5.74, 6) is 0.686. The van der Waals surface area contributed by atoms with Gasteiger partial charge in [0.15, 0.2) is 5.78 Å². The normalized spacial score (nSPS) is 40.3. The van der Waals surface area contributed by atoms with E-state index in [1.54, 1.807) is 0 Å². The van der Waals surface area contributed by atoms with Crippen molar-refractivity contribution in [3.8, 4) is 0 Å². The molecule has 4 aliphatic carbocycles. The molecule has 0 aromatic rings. The average molecular weight is 455 g/mol. The van der Waals surface area contributed by atoms with Gasteiger partial charge in [0.1, 0.15) is 12.4 Å². The first-order valence-electron chi connectivity index (χ1n) is 12.0. The standard InChI is InChI=1S/C25H36O6.Na/c1-24-11-9-16(26)13-15(24)3-4-17-18-5-6-20(25(18,2)12-10-19(17)24)21(27)14-31-23(30)8-7-22(28)29;/h15,17-20H,3-14H2,1-2H3,(H,28,29);/q;+1/p-1/t15-,17?,18?,19?,20?,24+,25+;/m1./s1. The van der Waals surface area contributed by atoms with Gasteiger partial charge in [0.2, 0.25) is 0 Å². The molecule has 4 saturated carbocycles. The maximum atomic E-state index is 13.0. The van der Waals surface area contributed by atoms with Crippen LogP contribution in [0.3, 0.4) is 0 Å². The molecule has 0 heterocycles. The summed E-state index contributed by atoms with van der Waals surface area (Å²) in [7, 11) is 0. The molecule has 4 unspecified atom stereocenters. The fourth-order valence-corrected chi connectivity index (χ4v) is 8.10. The number of rotatable bonds is 6. The van der Waals surface area contributed by atoms with E-state index >= 15 is 0 Å². The topological polar surface area (TPSA) is 101 Å². The number of carboxylic acids is 1. The van der Waals surface area contributed by atoms with Gasteiger partial charge >= 0.3 is 35.5 Å². The second kappa shape index (κ2) is 9.87. The molecule has 0 aliphatic heterocycles. The van der Waals surface area contributed by atoms with Crippen LogP contribution in [0.1, 0.15) is 84.5 Å². The molecule has 0 aromatic heterocycles. The van der Waals surface area contributed by atoms with Gasteiger partial charge in [-0.2, -0.15) is 0 Å². The number of esters is 1. The first-order chi connectivity index (χ1) is 14.6. The van der Waals surface area contributed by atoms with Crippen LogP contribution in [-0.2, 0) is 23.9 Å². The van der Waals surface area contributed by atoms with Crippen LogP contribution < -0.4 is 34.7 Å². The number of carbonyl (C=O) groups is 4. The van der Waals surface area contributed by atoms with E-state index in [1.807, 2.05) is 0 Å². The Balaban J connectivity index is 0.00000289. The number of ketones is 2. The van der Waals surface area contributed by atoms with Crippen molar-refractivity contribution in [3.05, 3.63) is 0 Å². The third-order valence-electron chi connectivity index (χ3n) is 9.78. The van der Waals surface area contributed by atoms with Crippen LogP contribution in [0.5, 0.6) is 0 Å². The zero-order valence-corrected chi connectivity index (χ0v) is 21.8. The van der Waals surface area contributed by atoms with Crippen molar-refractivity contribution in [1.29, 1.82) is 0 Å². The van der Waals surface area contributed by atoms with Crippen LogP contribution in [0.4, 0.5) is 0 Å². The third-order valence-corrected chi connectivity index (χ3v) is 9.78. The zero-order chi connectivity index (χ0) is 22.4. The van der Waals surface area contributed by atoms with E-state index in [0.29, 0.717) is 29.5 Å². The van der Waals surface area contributed by atoms with Crippen molar-refractivity contribution < 1.29 is 58.6 Å². The Morgan fingerprint density at radius 1 is 0.969 bits per heavy atom.